The van der Waals surface area contributed by atoms with E-state index in [2.05, 4.69) is 70.5 Å². The van der Waals surface area contributed by atoms with E-state index in [0.717, 1.165) is 38.3 Å². The normalized spacial score (nSPS) is 23.1. The number of carbonyl (C=O) groups is 1. The number of rotatable bonds is 7. The average molecular weight is 455 g/mol. The number of carboxylic acid groups (broad SMARTS) is 1. The van der Waals surface area contributed by atoms with Crippen LogP contribution in [-0.2, 0) is 4.79 Å². The fourth-order valence-corrected chi connectivity index (χ4v) is 6.03. The van der Waals surface area contributed by atoms with E-state index in [1.807, 2.05) is 30.3 Å². The number of hydrogen-bond donors (Lipinski definition) is 1. The second-order valence-electron chi connectivity index (χ2n) is 9.87. The summed E-state index contributed by atoms with van der Waals surface area (Å²) in [6.45, 7) is 4.83. The molecule has 5 rings (SSSR count). The Morgan fingerprint density at radius 1 is 0.794 bits per heavy atom. The van der Waals surface area contributed by atoms with Crippen molar-refractivity contribution < 1.29 is 9.90 Å². The van der Waals surface area contributed by atoms with E-state index in [4.69, 9.17) is 0 Å². The summed E-state index contributed by atoms with van der Waals surface area (Å²) in [5, 5.41) is 10.1. The van der Waals surface area contributed by atoms with Gasteiger partial charge >= 0.3 is 5.97 Å². The molecular weight excluding hydrogens is 420 g/mol. The molecule has 0 radical (unpaired) electrons. The third-order valence-electron chi connectivity index (χ3n) is 7.76. The molecular formula is C30H34N2O2. The summed E-state index contributed by atoms with van der Waals surface area (Å²) in [6, 6.07) is 30.7. The van der Waals surface area contributed by atoms with E-state index in [9.17, 15) is 9.90 Å². The highest BCUT2D eigenvalue weighted by molar-refractivity contribution is 5.75. The topological polar surface area (TPSA) is 43.8 Å². The van der Waals surface area contributed by atoms with Crippen LogP contribution in [0.25, 0.3) is 0 Å². The molecule has 4 heteroatoms. The Morgan fingerprint density at radius 3 is 1.94 bits per heavy atom. The Balaban J connectivity index is 1.31. The zero-order valence-electron chi connectivity index (χ0n) is 19.7. The first-order chi connectivity index (χ1) is 16.7. The van der Waals surface area contributed by atoms with E-state index in [1.165, 1.54) is 24.0 Å². The molecule has 0 aliphatic carbocycles. The fraction of sp³-hybridized carbons (Fsp3) is 0.367. The van der Waals surface area contributed by atoms with Gasteiger partial charge in [0.1, 0.15) is 6.04 Å². The molecule has 0 saturated carbocycles. The molecule has 2 aliphatic heterocycles. The lowest BCUT2D eigenvalue weighted by Gasteiger charge is -2.35. The van der Waals surface area contributed by atoms with E-state index in [0.29, 0.717) is 17.8 Å². The van der Waals surface area contributed by atoms with Crippen molar-refractivity contribution in [3.63, 3.8) is 0 Å². The van der Waals surface area contributed by atoms with Crippen molar-refractivity contribution in [2.75, 3.05) is 32.7 Å². The quantitative estimate of drug-likeness (QED) is 0.519. The first-order valence-corrected chi connectivity index (χ1v) is 12.5. The highest BCUT2D eigenvalue weighted by atomic mass is 16.4. The van der Waals surface area contributed by atoms with Crippen LogP contribution < -0.4 is 0 Å². The van der Waals surface area contributed by atoms with Gasteiger partial charge in [-0.2, -0.15) is 0 Å². The van der Waals surface area contributed by atoms with Crippen LogP contribution in [0.4, 0.5) is 0 Å². The maximum absolute atomic E-state index is 12.3. The Kier molecular flexibility index (Phi) is 7.08. The zero-order chi connectivity index (χ0) is 23.3. The van der Waals surface area contributed by atoms with Crippen LogP contribution in [-0.4, -0.2) is 53.6 Å². The molecule has 0 amide bonds. The second-order valence-corrected chi connectivity index (χ2v) is 9.87. The molecule has 2 saturated heterocycles. The standard InChI is InChI=1S/C30H34N2O2/c33-30(34)29(26-14-8-3-9-15-26)32-21-27(28(22-32)25-12-6-2-7-13-25)20-31-18-16-24(17-19-31)23-10-4-1-5-11-23/h1-15,24,27-29H,16-22H2,(H,33,34). The largest absolute Gasteiger partial charge is 0.480 e. The molecule has 3 atom stereocenters. The highest BCUT2D eigenvalue weighted by Gasteiger charge is 2.40. The summed E-state index contributed by atoms with van der Waals surface area (Å²) in [5.41, 5.74) is 3.65. The lowest BCUT2D eigenvalue weighted by Crippen LogP contribution is -2.38. The van der Waals surface area contributed by atoms with Crippen molar-refractivity contribution in [1.29, 1.82) is 0 Å². The van der Waals surface area contributed by atoms with Crippen LogP contribution in [0.3, 0.4) is 0 Å². The number of nitrogens with zero attached hydrogens (tertiary/aromatic N) is 2. The minimum atomic E-state index is -0.762. The van der Waals surface area contributed by atoms with Crippen LogP contribution in [0.5, 0.6) is 0 Å². The lowest BCUT2D eigenvalue weighted by atomic mass is 9.86. The van der Waals surface area contributed by atoms with Crippen LogP contribution in [0.1, 0.15) is 47.4 Å². The van der Waals surface area contributed by atoms with E-state index < -0.39 is 12.0 Å². The van der Waals surface area contributed by atoms with Gasteiger partial charge < -0.3 is 10.0 Å². The summed E-state index contributed by atoms with van der Waals surface area (Å²) in [4.78, 5) is 17.1. The molecule has 3 aromatic carbocycles. The summed E-state index contributed by atoms with van der Waals surface area (Å²) in [7, 11) is 0. The Bertz CT molecular complexity index is 1050. The SMILES string of the molecule is O=C(O)C(c1ccccc1)N1CC(CN2CCC(c3ccccc3)CC2)C(c2ccccc2)C1. The van der Waals surface area contributed by atoms with Crippen molar-refractivity contribution in [2.45, 2.75) is 30.7 Å². The van der Waals surface area contributed by atoms with Gasteiger partial charge in [0, 0.05) is 25.6 Å². The van der Waals surface area contributed by atoms with Gasteiger partial charge in [-0.1, -0.05) is 91.0 Å². The monoisotopic (exact) mass is 454 g/mol. The van der Waals surface area contributed by atoms with Gasteiger partial charge in [0.05, 0.1) is 0 Å². The third kappa shape index (κ3) is 5.08. The smallest absolute Gasteiger partial charge is 0.325 e. The Labute approximate surface area is 202 Å². The number of piperidine rings is 1. The van der Waals surface area contributed by atoms with Crippen molar-refractivity contribution >= 4 is 5.97 Å². The molecule has 0 bridgehead atoms. The molecule has 2 aliphatic rings. The van der Waals surface area contributed by atoms with E-state index >= 15 is 0 Å². The van der Waals surface area contributed by atoms with Crippen LogP contribution in [0.2, 0.25) is 0 Å². The van der Waals surface area contributed by atoms with Crippen LogP contribution >= 0.6 is 0 Å². The van der Waals surface area contributed by atoms with Gasteiger partial charge in [0.15, 0.2) is 0 Å². The molecule has 4 nitrogen and oxygen atoms in total. The molecule has 34 heavy (non-hydrogen) atoms. The highest BCUT2D eigenvalue weighted by Crippen LogP contribution is 2.39. The lowest BCUT2D eigenvalue weighted by molar-refractivity contribution is -0.143. The van der Waals surface area contributed by atoms with E-state index in [-0.39, 0.29) is 0 Å². The predicted molar refractivity (Wildman–Crippen MR) is 136 cm³/mol. The molecule has 3 aromatic rings. The average Bonchev–Trinajstić information content (AvgIpc) is 3.29. The molecule has 0 spiro atoms. The molecule has 2 fully saturated rings. The number of likely N-dealkylation sites (tertiary alicyclic amines) is 2. The van der Waals surface area contributed by atoms with E-state index in [1.54, 1.807) is 0 Å². The summed E-state index contributed by atoms with van der Waals surface area (Å²) >= 11 is 0. The van der Waals surface area contributed by atoms with Crippen molar-refractivity contribution in [2.24, 2.45) is 5.92 Å². The maximum atomic E-state index is 12.3. The maximum Gasteiger partial charge on any atom is 0.325 e. The number of aliphatic carboxylic acids is 1. The van der Waals surface area contributed by atoms with Crippen molar-refractivity contribution in [3.8, 4) is 0 Å². The fourth-order valence-electron chi connectivity index (χ4n) is 6.03. The molecule has 1 N–H and O–H groups in total. The number of carboxylic acids is 1. The third-order valence-corrected chi connectivity index (χ3v) is 7.76. The van der Waals surface area contributed by atoms with Crippen molar-refractivity contribution in [1.82, 2.24) is 9.80 Å². The molecule has 3 unspecified atom stereocenters. The summed E-state index contributed by atoms with van der Waals surface area (Å²) in [5.74, 6) is 0.652. The predicted octanol–water partition coefficient (Wildman–Crippen LogP) is 5.41. The Morgan fingerprint density at radius 2 is 1.35 bits per heavy atom. The van der Waals surface area contributed by atoms with Gasteiger partial charge in [0.25, 0.3) is 0 Å². The summed E-state index contributed by atoms with van der Waals surface area (Å²) < 4.78 is 0. The number of benzene rings is 3. The van der Waals surface area contributed by atoms with Gasteiger partial charge in [0.2, 0.25) is 0 Å². The minimum Gasteiger partial charge on any atom is -0.480 e. The molecule has 2 heterocycles. The molecule has 0 aromatic heterocycles. The van der Waals surface area contributed by atoms with Crippen LogP contribution in [0, 0.1) is 5.92 Å². The van der Waals surface area contributed by atoms with Gasteiger partial charge in [-0.3, -0.25) is 9.69 Å². The summed E-state index contributed by atoms with van der Waals surface area (Å²) in [6.07, 6.45) is 2.39. The van der Waals surface area contributed by atoms with Crippen LogP contribution in [0.15, 0.2) is 91.0 Å². The first-order valence-electron chi connectivity index (χ1n) is 12.5. The zero-order valence-corrected chi connectivity index (χ0v) is 19.7. The van der Waals surface area contributed by atoms with Gasteiger partial charge in [-0.15, -0.1) is 0 Å². The number of hydrogen-bond acceptors (Lipinski definition) is 3. The molecule has 176 valence electrons. The Hall–Kier alpha value is -2.95. The first kappa shape index (κ1) is 22.8. The minimum absolute atomic E-state index is 0.346. The second kappa shape index (κ2) is 10.5. The van der Waals surface area contributed by atoms with Gasteiger partial charge in [-0.05, 0) is 54.5 Å². The van der Waals surface area contributed by atoms with Crippen molar-refractivity contribution in [3.05, 3.63) is 108 Å². The van der Waals surface area contributed by atoms with Gasteiger partial charge in [-0.25, -0.2) is 0 Å².